The molecule has 0 spiro atoms. The molecule has 0 amide bonds. The van der Waals surface area contributed by atoms with Gasteiger partial charge in [-0.2, -0.15) is 4.98 Å². The van der Waals surface area contributed by atoms with E-state index in [-0.39, 0.29) is 34.1 Å². The van der Waals surface area contributed by atoms with E-state index in [1.165, 1.54) is 10.9 Å². The predicted octanol–water partition coefficient (Wildman–Crippen LogP) is -2.34. The Bertz CT molecular complexity index is 1940. The maximum atomic E-state index is 13.2. The molecule has 3 aliphatic heterocycles. The van der Waals surface area contributed by atoms with Gasteiger partial charge in [0.05, 0.1) is 19.3 Å². The van der Waals surface area contributed by atoms with Gasteiger partial charge < -0.3 is 45.7 Å². The van der Waals surface area contributed by atoms with Crippen LogP contribution in [0.4, 0.5) is 11.8 Å². The Morgan fingerprint density at radius 2 is 1.64 bits per heavy atom. The third kappa shape index (κ3) is 5.31. The number of aliphatic hydroxyl groups is 2. The van der Waals surface area contributed by atoms with E-state index in [4.69, 9.17) is 39.2 Å². The maximum absolute atomic E-state index is 13.2. The fourth-order valence-corrected chi connectivity index (χ4v) is 7.20. The summed E-state index contributed by atoms with van der Waals surface area (Å²) < 4.78 is 61.4. The van der Waals surface area contributed by atoms with Crippen molar-refractivity contribution in [1.82, 2.24) is 39.0 Å². The number of aromatic nitrogens is 8. The van der Waals surface area contributed by atoms with E-state index in [0.717, 1.165) is 17.2 Å². The van der Waals surface area contributed by atoms with Crippen LogP contribution in [-0.2, 0) is 36.9 Å². The third-order valence-electron chi connectivity index (χ3n) is 7.21. The van der Waals surface area contributed by atoms with E-state index in [9.17, 15) is 33.9 Å². The number of rotatable bonds is 2. The molecule has 25 heteroatoms. The topological polar surface area (TPSA) is 330 Å². The van der Waals surface area contributed by atoms with Crippen molar-refractivity contribution in [3.05, 3.63) is 29.3 Å². The molecule has 4 unspecified atom stereocenters. The molecule has 0 aliphatic carbocycles. The number of nitrogens with zero attached hydrogens (tertiary/aromatic N) is 7. The van der Waals surface area contributed by atoms with Gasteiger partial charge in [-0.05, 0) is 0 Å². The number of hydrogen-bond acceptors (Lipinski definition) is 18. The normalized spacial score (nSPS) is 37.7. The minimum atomic E-state index is -5.13. The molecule has 2 bridgehead atoms. The van der Waals surface area contributed by atoms with E-state index in [2.05, 4.69) is 29.9 Å². The standard InChI is InChI=1S/C20H24N10O13P2/c21-13-7-14(24-2-23-13)29(3-25-7)17-9(31)11-6(40-17)1-39-45(36,37)43-12-10(32)19(38-5-44(34,35)42-11)41-18(12)30-4-26-8-15(30)27-20(22)28-16(8)33/h2-4,6,9-12,17-19,31-32H,1,5H2,(H,34,35)(H,36,37)(H2,21,23,24)(H3,22,27,28,33)/t6-,9+,10?,11-,12?,17-,18-,19+/m1/s1. The second kappa shape index (κ2) is 10.8. The number of aromatic amines is 1. The van der Waals surface area contributed by atoms with Gasteiger partial charge in [0.2, 0.25) is 5.95 Å². The predicted molar refractivity (Wildman–Crippen MR) is 143 cm³/mol. The number of nitrogens with one attached hydrogen (secondary N) is 1. The molecular weight excluding hydrogens is 650 g/mol. The second-order valence-electron chi connectivity index (χ2n) is 10.1. The lowest BCUT2D eigenvalue weighted by molar-refractivity contribution is -0.168. The molecular formula is C20H24N10O13P2. The quantitative estimate of drug-likeness (QED) is 0.109. The first-order valence-electron chi connectivity index (χ1n) is 12.9. The van der Waals surface area contributed by atoms with Gasteiger partial charge in [-0.3, -0.25) is 37.0 Å². The molecule has 7 rings (SSSR count). The number of ether oxygens (including phenoxy) is 3. The van der Waals surface area contributed by atoms with Gasteiger partial charge in [0.15, 0.2) is 47.7 Å². The van der Waals surface area contributed by atoms with Crippen LogP contribution < -0.4 is 17.0 Å². The smallest absolute Gasteiger partial charge is 0.386 e. The first kappa shape index (κ1) is 30.2. The van der Waals surface area contributed by atoms with Crippen LogP contribution in [0.5, 0.6) is 0 Å². The van der Waals surface area contributed by atoms with Gasteiger partial charge in [0, 0.05) is 0 Å². The third-order valence-corrected chi connectivity index (χ3v) is 9.24. The van der Waals surface area contributed by atoms with Crippen LogP contribution in [0.1, 0.15) is 12.5 Å². The molecule has 0 aromatic carbocycles. The van der Waals surface area contributed by atoms with E-state index in [0.29, 0.717) is 0 Å². The van der Waals surface area contributed by atoms with Crippen molar-refractivity contribution < 1.29 is 56.9 Å². The zero-order valence-electron chi connectivity index (χ0n) is 22.4. The van der Waals surface area contributed by atoms with Crippen LogP contribution in [0.3, 0.4) is 0 Å². The van der Waals surface area contributed by atoms with Gasteiger partial charge in [-0.25, -0.2) is 24.5 Å². The van der Waals surface area contributed by atoms with Crippen molar-refractivity contribution in [3.63, 3.8) is 0 Å². The lowest BCUT2D eigenvalue weighted by atomic mass is 10.1. The highest BCUT2D eigenvalue weighted by Crippen LogP contribution is 2.53. The number of nitrogens with two attached hydrogens (primary N) is 2. The second-order valence-corrected chi connectivity index (χ2v) is 13.3. The van der Waals surface area contributed by atoms with Crippen LogP contribution in [0.2, 0.25) is 0 Å². The molecule has 9 N–H and O–H groups in total. The molecule has 0 radical (unpaired) electrons. The summed E-state index contributed by atoms with van der Waals surface area (Å²) in [5, 5.41) is 22.1. The summed E-state index contributed by atoms with van der Waals surface area (Å²) in [5.74, 6) is -0.253. The number of hydrogen-bond donors (Lipinski definition) is 7. The Hall–Kier alpha value is -3.44. The highest BCUT2D eigenvalue weighted by atomic mass is 31.2. The van der Waals surface area contributed by atoms with E-state index >= 15 is 0 Å². The van der Waals surface area contributed by atoms with Crippen LogP contribution in [0.25, 0.3) is 22.3 Å². The monoisotopic (exact) mass is 674 g/mol. The first-order valence-corrected chi connectivity index (χ1v) is 16.2. The summed E-state index contributed by atoms with van der Waals surface area (Å²) in [6.07, 6.45) is -10.7. The molecule has 23 nitrogen and oxygen atoms in total. The average molecular weight is 674 g/mol. The highest BCUT2D eigenvalue weighted by molar-refractivity contribution is 7.52. The van der Waals surface area contributed by atoms with Crippen molar-refractivity contribution in [1.29, 1.82) is 0 Å². The number of anilines is 2. The van der Waals surface area contributed by atoms with Crippen molar-refractivity contribution in [2.24, 2.45) is 0 Å². The Labute approximate surface area is 248 Å². The number of nitrogen functional groups attached to an aromatic ring is 2. The zero-order chi connectivity index (χ0) is 31.8. The Balaban J connectivity index is 1.21. The van der Waals surface area contributed by atoms with Crippen molar-refractivity contribution in [2.75, 3.05) is 24.4 Å². The molecule has 45 heavy (non-hydrogen) atoms. The SMILES string of the molecule is Nc1nc2c(ncn2[C@@H]2O[C@@H]3OCP(=O)(O)O[C@H]4[C@H](O)[C@H](n5cnc6c(N)ncnc65)O[C@@H]4COP(=O)(O)OC2C3O)c(=O)[nH]1. The van der Waals surface area contributed by atoms with Gasteiger partial charge in [-0.15, -0.1) is 0 Å². The first-order chi connectivity index (χ1) is 21.3. The number of H-pyrrole nitrogens is 1. The van der Waals surface area contributed by atoms with Crippen LogP contribution in [0, 0.1) is 0 Å². The van der Waals surface area contributed by atoms with Crippen molar-refractivity contribution >= 4 is 49.5 Å². The Morgan fingerprint density at radius 1 is 0.911 bits per heavy atom. The van der Waals surface area contributed by atoms with Gasteiger partial charge in [-0.1, -0.05) is 0 Å². The van der Waals surface area contributed by atoms with Gasteiger partial charge in [0.1, 0.15) is 42.4 Å². The fourth-order valence-electron chi connectivity index (χ4n) is 5.23. The van der Waals surface area contributed by atoms with Gasteiger partial charge in [0.25, 0.3) is 5.56 Å². The zero-order valence-corrected chi connectivity index (χ0v) is 24.2. The van der Waals surface area contributed by atoms with Crippen LogP contribution in [-0.4, -0.2) is 109 Å². The van der Waals surface area contributed by atoms with Gasteiger partial charge >= 0.3 is 15.4 Å². The summed E-state index contributed by atoms with van der Waals surface area (Å²) in [7, 11) is -9.92. The lowest BCUT2D eigenvalue weighted by Gasteiger charge is -2.25. The number of imidazole rings is 2. The molecule has 4 aromatic heterocycles. The average Bonchev–Trinajstić information content (AvgIpc) is 3.72. The summed E-state index contributed by atoms with van der Waals surface area (Å²) >= 11 is 0. The largest absolute Gasteiger partial charge is 0.472 e. The van der Waals surface area contributed by atoms with Crippen molar-refractivity contribution in [3.8, 4) is 0 Å². The number of fused-ring (bicyclic) bond motifs is 5. The minimum absolute atomic E-state index is 0.0378. The van der Waals surface area contributed by atoms with E-state index < -0.39 is 83.2 Å². The maximum Gasteiger partial charge on any atom is 0.472 e. The highest BCUT2D eigenvalue weighted by Gasteiger charge is 2.54. The fraction of sp³-hybridized carbons (Fsp3) is 0.500. The molecule has 4 aromatic rings. The molecule has 7 heterocycles. The molecule has 242 valence electrons. The molecule has 3 aliphatic rings. The summed E-state index contributed by atoms with van der Waals surface area (Å²) in [6, 6.07) is 0. The Kier molecular flexibility index (Phi) is 7.27. The number of aliphatic hydroxyl groups excluding tert-OH is 2. The lowest BCUT2D eigenvalue weighted by Crippen LogP contribution is -2.36. The van der Waals surface area contributed by atoms with E-state index in [1.807, 2.05) is 0 Å². The minimum Gasteiger partial charge on any atom is -0.386 e. The van der Waals surface area contributed by atoms with Crippen LogP contribution >= 0.6 is 15.4 Å². The summed E-state index contributed by atoms with van der Waals surface area (Å²) in [5.41, 5.74) is 10.8. The molecule has 10 atom stereocenters. The summed E-state index contributed by atoms with van der Waals surface area (Å²) in [6.45, 7) is -0.824. The summed E-state index contributed by atoms with van der Waals surface area (Å²) in [4.78, 5) is 55.9. The Morgan fingerprint density at radius 3 is 2.42 bits per heavy atom. The van der Waals surface area contributed by atoms with E-state index in [1.54, 1.807) is 0 Å². The molecule has 0 saturated carbocycles. The molecule has 3 fully saturated rings. The number of phosphoric ester groups is 1. The van der Waals surface area contributed by atoms with Crippen LogP contribution in [0.15, 0.2) is 23.8 Å². The molecule has 3 saturated heterocycles. The van der Waals surface area contributed by atoms with Crippen molar-refractivity contribution in [2.45, 2.75) is 49.3 Å². The number of phosphoric acid groups is 1.